The van der Waals surface area contributed by atoms with Crippen LogP contribution >= 0.6 is 0 Å². The first-order valence-corrected chi connectivity index (χ1v) is 15.0. The Labute approximate surface area is 266 Å². The van der Waals surface area contributed by atoms with Gasteiger partial charge in [0, 0.05) is 74.4 Å². The fourth-order valence-electron chi connectivity index (χ4n) is 6.94. The van der Waals surface area contributed by atoms with Gasteiger partial charge >= 0.3 is 6.09 Å². The van der Waals surface area contributed by atoms with Crippen LogP contribution in [0, 0.1) is 23.2 Å². The fourth-order valence-corrected chi connectivity index (χ4v) is 6.94. The maximum absolute atomic E-state index is 15.0. The van der Waals surface area contributed by atoms with Crippen molar-refractivity contribution in [3.63, 3.8) is 0 Å². The number of fused-ring (bicyclic) bond motifs is 1. The van der Waals surface area contributed by atoms with Gasteiger partial charge in [0.2, 0.25) is 0 Å². The summed E-state index contributed by atoms with van der Waals surface area (Å²) in [5.41, 5.74) is 1.89. The summed E-state index contributed by atoms with van der Waals surface area (Å²) in [7, 11) is 1.82. The normalized spacial score (nSPS) is 22.0. The van der Waals surface area contributed by atoms with Crippen molar-refractivity contribution < 1.29 is 19.1 Å². The number of carbonyl (C=O) groups is 3. The van der Waals surface area contributed by atoms with Crippen LogP contribution in [0.1, 0.15) is 32.6 Å². The van der Waals surface area contributed by atoms with Crippen molar-refractivity contribution in [3.05, 3.63) is 143 Å². The van der Waals surface area contributed by atoms with Crippen LogP contribution in [0.25, 0.3) is 0 Å². The quantitative estimate of drug-likeness (QED) is 0.224. The van der Waals surface area contributed by atoms with Crippen molar-refractivity contribution >= 4 is 17.8 Å². The number of benzene rings is 2. The molecular formula is C36H30N6O4. The largest absolute Gasteiger partial charge is 0.445 e. The van der Waals surface area contributed by atoms with E-state index in [1.807, 2.05) is 66.5 Å². The second-order valence-corrected chi connectivity index (χ2v) is 11.7. The molecule has 2 amide bonds. The van der Waals surface area contributed by atoms with Crippen molar-refractivity contribution in [1.82, 2.24) is 24.7 Å². The van der Waals surface area contributed by atoms with Gasteiger partial charge in [0.25, 0.3) is 5.91 Å². The summed E-state index contributed by atoms with van der Waals surface area (Å²) in [5, 5.41) is 9.21. The third kappa shape index (κ3) is 4.77. The molecule has 4 heterocycles. The number of hydrogen-bond donors (Lipinski definition) is 0. The van der Waals surface area contributed by atoms with E-state index in [0.29, 0.717) is 41.2 Å². The molecule has 4 aromatic rings. The average molecular weight is 611 g/mol. The number of pyridine rings is 2. The number of carbonyl (C=O) groups excluding carboxylic acids is 3. The summed E-state index contributed by atoms with van der Waals surface area (Å²) in [6.07, 6.45) is 7.73. The van der Waals surface area contributed by atoms with Gasteiger partial charge in [0.15, 0.2) is 11.3 Å². The van der Waals surface area contributed by atoms with Crippen LogP contribution in [0.5, 0.6) is 0 Å². The maximum Gasteiger partial charge on any atom is 0.410 e. The van der Waals surface area contributed by atoms with E-state index < -0.39 is 5.54 Å². The van der Waals surface area contributed by atoms with Gasteiger partial charge in [-0.25, -0.2) is 4.79 Å². The first-order valence-electron chi connectivity index (χ1n) is 15.0. The first kappa shape index (κ1) is 28.9. The molecule has 7 rings (SSSR count). The highest BCUT2D eigenvalue weighted by Gasteiger charge is 2.67. The Morgan fingerprint density at radius 1 is 0.913 bits per heavy atom. The number of rotatable bonds is 7. The molecule has 2 saturated heterocycles. The monoisotopic (exact) mass is 610 g/mol. The molecule has 10 nitrogen and oxygen atoms in total. The van der Waals surface area contributed by atoms with Gasteiger partial charge in [0.05, 0.1) is 11.6 Å². The molecule has 1 saturated carbocycles. The summed E-state index contributed by atoms with van der Waals surface area (Å²) < 4.78 is 5.58. The first-order chi connectivity index (χ1) is 22.4. The minimum Gasteiger partial charge on any atom is -0.445 e. The molecule has 0 radical (unpaired) electrons. The third-order valence-electron chi connectivity index (χ3n) is 9.29. The van der Waals surface area contributed by atoms with Crippen molar-refractivity contribution in [1.29, 1.82) is 5.26 Å². The van der Waals surface area contributed by atoms with Gasteiger partial charge < -0.3 is 14.5 Å². The Morgan fingerprint density at radius 2 is 1.50 bits per heavy atom. The Balaban J connectivity index is 1.22. The number of aromatic nitrogens is 2. The third-order valence-corrected chi connectivity index (χ3v) is 9.29. The lowest BCUT2D eigenvalue weighted by molar-refractivity contribution is -0.132. The van der Waals surface area contributed by atoms with E-state index in [-0.39, 0.29) is 42.3 Å². The van der Waals surface area contributed by atoms with Crippen molar-refractivity contribution in [2.45, 2.75) is 18.2 Å². The van der Waals surface area contributed by atoms with Crippen molar-refractivity contribution in [2.75, 3.05) is 20.1 Å². The fraction of sp³-hybridized carbons (Fsp3) is 0.222. The van der Waals surface area contributed by atoms with E-state index in [9.17, 15) is 19.6 Å². The average Bonchev–Trinajstić information content (AvgIpc) is 3.47. The minimum absolute atomic E-state index is 0.0284. The van der Waals surface area contributed by atoms with E-state index >= 15 is 0 Å². The van der Waals surface area contributed by atoms with Gasteiger partial charge in [0.1, 0.15) is 12.4 Å². The number of hydrogen-bond acceptors (Lipinski definition) is 8. The highest BCUT2D eigenvalue weighted by atomic mass is 16.6. The summed E-state index contributed by atoms with van der Waals surface area (Å²) in [4.78, 5) is 55.3. The SMILES string of the molecule is CN1C(=CC(=O)c2ccc(C#N)cc2)N([C@H]2[C@@H]3CN(C(=O)OCc4ccccc4)C[C@@H]32)C(=O)C1(c1ccncc1)c1ccncc1. The van der Waals surface area contributed by atoms with Crippen LogP contribution < -0.4 is 0 Å². The van der Waals surface area contributed by atoms with E-state index in [1.54, 1.807) is 58.9 Å². The topological polar surface area (TPSA) is 120 Å². The minimum atomic E-state index is -1.28. The maximum atomic E-state index is 15.0. The zero-order valence-electron chi connectivity index (χ0n) is 25.1. The molecule has 2 aromatic heterocycles. The smallest absolute Gasteiger partial charge is 0.410 e. The number of allylic oxidation sites excluding steroid dienone is 1. The molecule has 0 unspecified atom stereocenters. The number of piperidine rings is 1. The lowest BCUT2D eigenvalue weighted by Crippen LogP contribution is -2.46. The van der Waals surface area contributed by atoms with Crippen LogP contribution in [0.4, 0.5) is 4.79 Å². The summed E-state index contributed by atoms with van der Waals surface area (Å²) >= 11 is 0. The number of ketones is 1. The summed E-state index contributed by atoms with van der Waals surface area (Å²) in [6.45, 7) is 1.09. The van der Waals surface area contributed by atoms with Crippen LogP contribution in [0.2, 0.25) is 0 Å². The Bertz CT molecular complexity index is 1810. The summed E-state index contributed by atoms with van der Waals surface area (Å²) in [5.74, 6) is 0.0391. The molecule has 2 aromatic carbocycles. The molecular weight excluding hydrogens is 580 g/mol. The Hall–Kier alpha value is -5.82. The molecule has 0 spiro atoms. The molecule has 0 N–H and O–H groups in total. The molecule has 1 aliphatic carbocycles. The summed E-state index contributed by atoms with van der Waals surface area (Å²) in [6, 6.07) is 25.1. The second-order valence-electron chi connectivity index (χ2n) is 11.7. The Kier molecular flexibility index (Phi) is 7.29. The number of likely N-dealkylation sites (tertiary alicyclic amines) is 1. The van der Waals surface area contributed by atoms with Crippen LogP contribution in [-0.2, 0) is 21.7 Å². The molecule has 3 aliphatic rings. The predicted octanol–water partition coefficient (Wildman–Crippen LogP) is 4.36. The number of amides is 2. The molecule has 0 bridgehead atoms. The van der Waals surface area contributed by atoms with Gasteiger partial charge in [-0.3, -0.25) is 24.5 Å². The zero-order chi connectivity index (χ0) is 31.8. The van der Waals surface area contributed by atoms with Crippen molar-refractivity contribution in [2.24, 2.45) is 11.8 Å². The van der Waals surface area contributed by atoms with E-state index in [4.69, 9.17) is 4.74 Å². The molecule has 228 valence electrons. The van der Waals surface area contributed by atoms with Gasteiger partial charge in [-0.2, -0.15) is 5.26 Å². The highest BCUT2D eigenvalue weighted by Crippen LogP contribution is 2.56. The van der Waals surface area contributed by atoms with Gasteiger partial charge in [-0.1, -0.05) is 30.3 Å². The van der Waals surface area contributed by atoms with Gasteiger partial charge in [-0.05, 0) is 65.2 Å². The zero-order valence-corrected chi connectivity index (χ0v) is 25.1. The van der Waals surface area contributed by atoms with E-state index in [1.165, 1.54) is 6.08 Å². The number of nitriles is 1. The van der Waals surface area contributed by atoms with Crippen LogP contribution in [0.3, 0.4) is 0 Å². The lowest BCUT2D eigenvalue weighted by atomic mass is 9.82. The molecule has 10 heteroatoms. The standard InChI is InChI=1S/C36H30N6O4/c1-40-32(19-31(43)26-9-7-24(20-37)8-10-26)42(34(44)36(40,27-11-15-38-16-12-27)28-13-17-39-18-14-28)33-29-21-41(22-30(29)33)35(45)46-23-25-5-3-2-4-6-25/h2-19,29-30,33H,21-23H2,1H3/t29-,30+,33+. The number of ether oxygens (including phenoxy) is 1. The van der Waals surface area contributed by atoms with Crippen LogP contribution in [-0.4, -0.2) is 68.6 Å². The Morgan fingerprint density at radius 3 is 2.07 bits per heavy atom. The lowest BCUT2D eigenvalue weighted by Gasteiger charge is -2.35. The molecule has 3 fully saturated rings. The number of nitrogens with zero attached hydrogens (tertiary/aromatic N) is 6. The highest BCUT2D eigenvalue weighted by molar-refractivity contribution is 6.06. The van der Waals surface area contributed by atoms with E-state index in [2.05, 4.69) is 16.0 Å². The van der Waals surface area contributed by atoms with Crippen molar-refractivity contribution in [3.8, 4) is 6.07 Å². The molecule has 46 heavy (non-hydrogen) atoms. The molecule has 3 atom stereocenters. The predicted molar refractivity (Wildman–Crippen MR) is 166 cm³/mol. The van der Waals surface area contributed by atoms with Crippen LogP contribution in [0.15, 0.2) is 116 Å². The molecule has 2 aliphatic heterocycles. The number of likely N-dealkylation sites (N-methyl/N-ethyl adjacent to an activating group) is 1. The van der Waals surface area contributed by atoms with Gasteiger partial charge in [-0.15, -0.1) is 0 Å². The van der Waals surface area contributed by atoms with E-state index in [0.717, 1.165) is 5.56 Å². The second kappa shape index (κ2) is 11.6.